The van der Waals surface area contributed by atoms with Gasteiger partial charge in [0.1, 0.15) is 11.6 Å². The van der Waals surface area contributed by atoms with Gasteiger partial charge in [0.05, 0.1) is 12.7 Å². The summed E-state index contributed by atoms with van der Waals surface area (Å²) < 4.78 is 5.28. The number of carbonyl (C=O) groups is 1. The van der Waals surface area contributed by atoms with E-state index in [1.807, 2.05) is 6.07 Å². The summed E-state index contributed by atoms with van der Waals surface area (Å²) in [5, 5.41) is 0. The maximum Gasteiger partial charge on any atom is 0.273 e. The number of rotatable bonds is 6. The van der Waals surface area contributed by atoms with Crippen molar-refractivity contribution in [2.45, 2.75) is 57.3 Å². The van der Waals surface area contributed by atoms with Gasteiger partial charge in [0.25, 0.3) is 5.91 Å². The molecule has 2 heterocycles. The van der Waals surface area contributed by atoms with Crippen LogP contribution in [-0.4, -0.2) is 41.1 Å². The third-order valence-electron chi connectivity index (χ3n) is 5.89. The van der Waals surface area contributed by atoms with E-state index in [1.165, 1.54) is 25.7 Å². The summed E-state index contributed by atoms with van der Waals surface area (Å²) in [5.74, 6) is 2.50. The van der Waals surface area contributed by atoms with E-state index in [0.29, 0.717) is 29.1 Å². The zero-order valence-electron chi connectivity index (χ0n) is 17.6. The summed E-state index contributed by atoms with van der Waals surface area (Å²) in [6.07, 6.45) is 9.46. The van der Waals surface area contributed by atoms with Crippen LogP contribution in [0.25, 0.3) is 0 Å². The van der Waals surface area contributed by atoms with E-state index < -0.39 is 0 Å². The number of hydrogen-bond donors (Lipinski definition) is 2. The fraction of sp³-hybridized carbons (Fsp3) is 0.545. The predicted octanol–water partition coefficient (Wildman–Crippen LogP) is 3.68. The maximum absolute atomic E-state index is 12.6. The molecule has 2 aromatic rings. The van der Waals surface area contributed by atoms with Crippen LogP contribution < -0.4 is 20.5 Å². The number of carbonyl (C=O) groups excluding carboxylic acids is 1. The molecule has 2 aliphatic rings. The fourth-order valence-electron chi connectivity index (χ4n) is 4.23. The first kappa shape index (κ1) is 20.4. The van der Waals surface area contributed by atoms with Crippen molar-refractivity contribution in [1.29, 1.82) is 0 Å². The number of hydrazine groups is 1. The highest BCUT2D eigenvalue weighted by atomic mass is 16.5. The maximum atomic E-state index is 12.6. The molecule has 1 amide bonds. The summed E-state index contributed by atoms with van der Waals surface area (Å²) in [7, 11) is 1.55. The minimum Gasteiger partial charge on any atom is -0.496 e. The molecule has 0 unspecified atom stereocenters. The Balaban J connectivity index is 1.54. The van der Waals surface area contributed by atoms with Crippen LogP contribution in [-0.2, 0) is 0 Å². The SMILES string of the molecule is COc1ccccc1C(=O)NNc1nc(C2CCCCC2)nc(N2CCCCC2)n1. The van der Waals surface area contributed by atoms with Crippen molar-refractivity contribution in [3.8, 4) is 5.75 Å². The smallest absolute Gasteiger partial charge is 0.273 e. The van der Waals surface area contributed by atoms with Gasteiger partial charge in [-0.25, -0.2) is 0 Å². The molecule has 0 spiro atoms. The third-order valence-corrected chi connectivity index (χ3v) is 5.89. The summed E-state index contributed by atoms with van der Waals surface area (Å²) in [4.78, 5) is 28.9. The normalized spacial score (nSPS) is 17.4. The number of anilines is 2. The van der Waals surface area contributed by atoms with E-state index in [9.17, 15) is 4.79 Å². The first-order chi connectivity index (χ1) is 14.7. The van der Waals surface area contributed by atoms with E-state index in [0.717, 1.165) is 44.6 Å². The van der Waals surface area contributed by atoms with Gasteiger partial charge in [0.2, 0.25) is 11.9 Å². The molecule has 2 N–H and O–H groups in total. The van der Waals surface area contributed by atoms with Crippen molar-refractivity contribution in [2.24, 2.45) is 0 Å². The van der Waals surface area contributed by atoms with Crippen LogP contribution in [0.5, 0.6) is 5.75 Å². The quantitative estimate of drug-likeness (QED) is 0.702. The molecule has 1 saturated carbocycles. The number of ether oxygens (including phenoxy) is 1. The van der Waals surface area contributed by atoms with Crippen molar-refractivity contribution in [1.82, 2.24) is 20.4 Å². The first-order valence-electron chi connectivity index (χ1n) is 10.9. The third kappa shape index (κ3) is 4.80. The summed E-state index contributed by atoms with van der Waals surface area (Å²) >= 11 is 0. The lowest BCUT2D eigenvalue weighted by atomic mass is 9.89. The van der Waals surface area contributed by atoms with E-state index in [1.54, 1.807) is 25.3 Å². The Labute approximate surface area is 177 Å². The van der Waals surface area contributed by atoms with Crippen LogP contribution in [0.4, 0.5) is 11.9 Å². The lowest BCUT2D eigenvalue weighted by Gasteiger charge is -2.28. The molecular formula is C22H30N6O2. The molecule has 1 aliphatic heterocycles. The van der Waals surface area contributed by atoms with Crippen molar-refractivity contribution in [3.05, 3.63) is 35.7 Å². The van der Waals surface area contributed by atoms with Gasteiger partial charge in [-0.15, -0.1) is 0 Å². The topological polar surface area (TPSA) is 92.3 Å². The standard InChI is InChI=1S/C22H30N6O2/c1-30-18-13-7-6-12-17(18)20(29)26-27-21-23-19(16-10-4-2-5-11-16)24-22(25-21)28-14-8-3-9-15-28/h6-7,12-13,16H,2-5,8-11,14-15H2,1H3,(H,26,29)(H,23,24,25,27). The Hall–Kier alpha value is -2.90. The number of hydrogen-bond acceptors (Lipinski definition) is 7. The number of aromatic nitrogens is 3. The molecule has 1 aromatic carbocycles. The van der Waals surface area contributed by atoms with Gasteiger partial charge >= 0.3 is 0 Å². The molecule has 0 atom stereocenters. The molecule has 8 heteroatoms. The van der Waals surface area contributed by atoms with E-state index in [-0.39, 0.29) is 5.91 Å². The minimum absolute atomic E-state index is 0.299. The number of nitrogens with zero attached hydrogens (tertiary/aromatic N) is 4. The molecule has 0 bridgehead atoms. The van der Waals surface area contributed by atoms with Crippen LogP contribution >= 0.6 is 0 Å². The highest BCUT2D eigenvalue weighted by Crippen LogP contribution is 2.32. The number of methoxy groups -OCH3 is 1. The van der Waals surface area contributed by atoms with Crippen LogP contribution in [0.15, 0.2) is 24.3 Å². The lowest BCUT2D eigenvalue weighted by molar-refractivity contribution is 0.0959. The molecular weight excluding hydrogens is 380 g/mol. The second kappa shape index (κ2) is 9.73. The molecule has 0 radical (unpaired) electrons. The van der Waals surface area contributed by atoms with Crippen molar-refractivity contribution in [3.63, 3.8) is 0 Å². The monoisotopic (exact) mass is 410 g/mol. The van der Waals surface area contributed by atoms with Gasteiger partial charge in [0.15, 0.2) is 0 Å². The number of para-hydroxylation sites is 1. The lowest BCUT2D eigenvalue weighted by Crippen LogP contribution is -2.34. The Morgan fingerprint density at radius 1 is 1.00 bits per heavy atom. The van der Waals surface area contributed by atoms with Crippen LogP contribution in [0, 0.1) is 0 Å². The number of amides is 1. The van der Waals surface area contributed by atoms with Gasteiger partial charge in [-0.1, -0.05) is 31.4 Å². The van der Waals surface area contributed by atoms with E-state index in [4.69, 9.17) is 9.72 Å². The molecule has 1 saturated heterocycles. The summed E-state index contributed by atoms with van der Waals surface area (Å²) in [6, 6.07) is 7.11. The second-order valence-corrected chi connectivity index (χ2v) is 7.98. The molecule has 1 aliphatic carbocycles. The fourth-order valence-corrected chi connectivity index (χ4v) is 4.23. The molecule has 1 aromatic heterocycles. The predicted molar refractivity (Wildman–Crippen MR) is 116 cm³/mol. The highest BCUT2D eigenvalue weighted by molar-refractivity contribution is 5.97. The van der Waals surface area contributed by atoms with Crippen LogP contribution in [0.2, 0.25) is 0 Å². The van der Waals surface area contributed by atoms with E-state index in [2.05, 4.69) is 25.7 Å². The number of nitrogens with one attached hydrogen (secondary N) is 2. The number of piperidine rings is 1. The summed E-state index contributed by atoms with van der Waals surface area (Å²) in [5.41, 5.74) is 6.07. The van der Waals surface area contributed by atoms with E-state index >= 15 is 0 Å². The molecule has 30 heavy (non-hydrogen) atoms. The van der Waals surface area contributed by atoms with Gasteiger partial charge in [-0.05, 0) is 44.2 Å². The van der Waals surface area contributed by atoms with Crippen LogP contribution in [0.3, 0.4) is 0 Å². The average molecular weight is 411 g/mol. The Morgan fingerprint density at radius 2 is 1.73 bits per heavy atom. The Kier molecular flexibility index (Phi) is 6.61. The van der Waals surface area contributed by atoms with Crippen LogP contribution in [0.1, 0.15) is 73.5 Å². The van der Waals surface area contributed by atoms with Gasteiger partial charge in [0, 0.05) is 19.0 Å². The van der Waals surface area contributed by atoms with Gasteiger partial charge < -0.3 is 9.64 Å². The van der Waals surface area contributed by atoms with Gasteiger partial charge in [-0.3, -0.25) is 15.6 Å². The zero-order valence-corrected chi connectivity index (χ0v) is 17.6. The van der Waals surface area contributed by atoms with Crippen molar-refractivity contribution in [2.75, 3.05) is 30.5 Å². The minimum atomic E-state index is -0.299. The van der Waals surface area contributed by atoms with Crippen molar-refractivity contribution >= 4 is 17.8 Å². The zero-order chi connectivity index (χ0) is 20.8. The van der Waals surface area contributed by atoms with Gasteiger partial charge in [-0.2, -0.15) is 15.0 Å². The molecule has 2 fully saturated rings. The molecule has 4 rings (SSSR count). The number of benzene rings is 1. The highest BCUT2D eigenvalue weighted by Gasteiger charge is 2.23. The van der Waals surface area contributed by atoms with Crippen molar-refractivity contribution < 1.29 is 9.53 Å². The summed E-state index contributed by atoms with van der Waals surface area (Å²) in [6.45, 7) is 1.92. The first-order valence-corrected chi connectivity index (χ1v) is 10.9. The second-order valence-electron chi connectivity index (χ2n) is 7.98. The molecule has 8 nitrogen and oxygen atoms in total. The molecule has 160 valence electrons. The largest absolute Gasteiger partial charge is 0.496 e. The Bertz CT molecular complexity index is 826. The Morgan fingerprint density at radius 3 is 2.50 bits per heavy atom. The average Bonchev–Trinajstić information content (AvgIpc) is 2.83.